The summed E-state index contributed by atoms with van der Waals surface area (Å²) in [7, 11) is 0. The molecule has 1 aliphatic rings. The van der Waals surface area contributed by atoms with E-state index in [0.29, 0.717) is 6.42 Å². The fourth-order valence-electron chi connectivity index (χ4n) is 1.96. The minimum absolute atomic E-state index is 0.00607. The van der Waals surface area contributed by atoms with Gasteiger partial charge in [0.05, 0.1) is 18.2 Å². The zero-order valence-electron chi connectivity index (χ0n) is 10.4. The molecule has 5 nitrogen and oxygen atoms in total. The standard InChI is InChI=1S/C12H19N3O2/c1-12(2,3)11(17)14-8-7-9(16)10(8)15-6-4-5-13-15/h4-6,8-10,16H,7H2,1-3H3,(H,14,17)/t8?,9-,10-/m0/s1. The van der Waals surface area contributed by atoms with Crippen LogP contribution in [0.1, 0.15) is 33.2 Å². The first-order valence-electron chi connectivity index (χ1n) is 5.88. The van der Waals surface area contributed by atoms with Gasteiger partial charge in [-0.15, -0.1) is 0 Å². The number of aliphatic hydroxyl groups excluding tert-OH is 1. The second-order valence-electron chi connectivity index (χ2n) is 5.61. The molecule has 17 heavy (non-hydrogen) atoms. The van der Waals surface area contributed by atoms with Crippen LogP contribution >= 0.6 is 0 Å². The van der Waals surface area contributed by atoms with E-state index in [1.807, 2.05) is 33.0 Å². The molecule has 5 heteroatoms. The molecular formula is C12H19N3O2. The average Bonchev–Trinajstić information content (AvgIpc) is 2.68. The predicted molar refractivity (Wildman–Crippen MR) is 63.3 cm³/mol. The molecule has 1 fully saturated rings. The van der Waals surface area contributed by atoms with E-state index in [1.54, 1.807) is 10.9 Å². The molecule has 1 aromatic rings. The van der Waals surface area contributed by atoms with Crippen molar-refractivity contribution in [2.24, 2.45) is 5.41 Å². The number of amides is 1. The minimum Gasteiger partial charge on any atom is -0.391 e. The van der Waals surface area contributed by atoms with Gasteiger partial charge in [-0.1, -0.05) is 20.8 Å². The molecule has 1 saturated carbocycles. The average molecular weight is 237 g/mol. The topological polar surface area (TPSA) is 67.2 Å². The number of nitrogens with zero attached hydrogens (tertiary/aromatic N) is 2. The number of hydrogen-bond donors (Lipinski definition) is 2. The first-order chi connectivity index (χ1) is 7.89. The molecule has 94 valence electrons. The van der Waals surface area contributed by atoms with Crippen LogP contribution in [0.3, 0.4) is 0 Å². The van der Waals surface area contributed by atoms with E-state index in [0.717, 1.165) is 0 Å². The number of nitrogens with one attached hydrogen (secondary N) is 1. The van der Waals surface area contributed by atoms with Crippen LogP contribution in [0.4, 0.5) is 0 Å². The van der Waals surface area contributed by atoms with Gasteiger partial charge in [0, 0.05) is 17.8 Å². The molecule has 1 heterocycles. The molecule has 0 spiro atoms. The summed E-state index contributed by atoms with van der Waals surface area (Å²) in [6.45, 7) is 5.63. The first kappa shape index (κ1) is 12.1. The summed E-state index contributed by atoms with van der Waals surface area (Å²) in [5.74, 6) is 0.00607. The minimum atomic E-state index is -0.430. The van der Waals surface area contributed by atoms with Crippen molar-refractivity contribution in [1.82, 2.24) is 15.1 Å². The molecule has 1 aromatic heterocycles. The van der Waals surface area contributed by atoms with Crippen molar-refractivity contribution >= 4 is 5.91 Å². The van der Waals surface area contributed by atoms with Gasteiger partial charge in [-0.25, -0.2) is 0 Å². The maximum atomic E-state index is 11.9. The summed E-state index contributed by atoms with van der Waals surface area (Å²) < 4.78 is 1.71. The molecule has 2 rings (SSSR count). The van der Waals surface area contributed by atoms with E-state index in [4.69, 9.17) is 0 Å². The van der Waals surface area contributed by atoms with Crippen LogP contribution < -0.4 is 5.32 Å². The van der Waals surface area contributed by atoms with E-state index >= 15 is 0 Å². The number of rotatable bonds is 2. The molecular weight excluding hydrogens is 218 g/mol. The Morgan fingerprint density at radius 1 is 1.53 bits per heavy atom. The normalized spacial score (nSPS) is 28.6. The quantitative estimate of drug-likeness (QED) is 0.796. The summed E-state index contributed by atoms with van der Waals surface area (Å²) in [5, 5.41) is 16.8. The Balaban J connectivity index is 2.02. The highest BCUT2D eigenvalue weighted by atomic mass is 16.3. The Kier molecular flexibility index (Phi) is 2.95. The van der Waals surface area contributed by atoms with E-state index in [9.17, 15) is 9.90 Å². The van der Waals surface area contributed by atoms with Crippen molar-refractivity contribution < 1.29 is 9.90 Å². The van der Waals surface area contributed by atoms with Crippen LogP contribution in [0.15, 0.2) is 18.5 Å². The van der Waals surface area contributed by atoms with Gasteiger partial charge in [0.15, 0.2) is 0 Å². The lowest BCUT2D eigenvalue weighted by Gasteiger charge is -2.42. The van der Waals surface area contributed by atoms with Gasteiger partial charge in [-0.05, 0) is 12.5 Å². The van der Waals surface area contributed by atoms with Crippen LogP contribution in [-0.2, 0) is 4.79 Å². The van der Waals surface area contributed by atoms with Crippen molar-refractivity contribution in [2.75, 3.05) is 0 Å². The zero-order chi connectivity index (χ0) is 12.6. The Morgan fingerprint density at radius 3 is 2.71 bits per heavy atom. The summed E-state index contributed by atoms with van der Waals surface area (Å²) in [6, 6.07) is 1.64. The fourth-order valence-corrected chi connectivity index (χ4v) is 1.96. The summed E-state index contributed by atoms with van der Waals surface area (Å²) in [6.07, 6.45) is 3.64. The van der Waals surface area contributed by atoms with Gasteiger partial charge >= 0.3 is 0 Å². The Labute approximate surface area is 101 Å². The molecule has 0 bridgehead atoms. The third kappa shape index (κ3) is 2.34. The van der Waals surface area contributed by atoms with Crippen molar-refractivity contribution in [2.45, 2.75) is 45.4 Å². The lowest BCUT2D eigenvalue weighted by atomic mass is 9.82. The zero-order valence-corrected chi connectivity index (χ0v) is 10.4. The molecule has 1 amide bonds. The first-order valence-corrected chi connectivity index (χ1v) is 5.88. The van der Waals surface area contributed by atoms with Gasteiger partial charge in [0.25, 0.3) is 0 Å². The molecule has 0 radical (unpaired) electrons. The molecule has 0 aliphatic heterocycles. The van der Waals surface area contributed by atoms with Gasteiger partial charge in [0.1, 0.15) is 0 Å². The van der Waals surface area contributed by atoms with Crippen molar-refractivity contribution in [3.63, 3.8) is 0 Å². The molecule has 1 unspecified atom stereocenters. The number of aliphatic hydroxyl groups is 1. The van der Waals surface area contributed by atoms with E-state index in [1.165, 1.54) is 0 Å². The fraction of sp³-hybridized carbons (Fsp3) is 0.667. The second-order valence-corrected chi connectivity index (χ2v) is 5.61. The molecule has 0 saturated heterocycles. The van der Waals surface area contributed by atoms with Crippen molar-refractivity contribution in [3.8, 4) is 0 Å². The second kappa shape index (κ2) is 4.14. The van der Waals surface area contributed by atoms with Crippen LogP contribution in [-0.4, -0.2) is 32.9 Å². The summed E-state index contributed by atoms with van der Waals surface area (Å²) in [4.78, 5) is 11.9. The highest BCUT2D eigenvalue weighted by molar-refractivity contribution is 5.81. The van der Waals surface area contributed by atoms with E-state index in [2.05, 4.69) is 10.4 Å². The highest BCUT2D eigenvalue weighted by Crippen LogP contribution is 2.32. The summed E-state index contributed by atoms with van der Waals surface area (Å²) >= 11 is 0. The van der Waals surface area contributed by atoms with E-state index in [-0.39, 0.29) is 18.0 Å². The number of hydrogen-bond acceptors (Lipinski definition) is 3. The predicted octanol–water partition coefficient (Wildman–Crippen LogP) is 0.720. The van der Waals surface area contributed by atoms with Gasteiger partial charge in [0.2, 0.25) is 5.91 Å². The molecule has 2 N–H and O–H groups in total. The van der Waals surface area contributed by atoms with Crippen molar-refractivity contribution in [1.29, 1.82) is 0 Å². The SMILES string of the molecule is CC(C)(C)C(=O)NC1C[C@H](O)[C@H]1n1cccn1. The smallest absolute Gasteiger partial charge is 0.225 e. The largest absolute Gasteiger partial charge is 0.391 e. The maximum absolute atomic E-state index is 11.9. The highest BCUT2D eigenvalue weighted by Gasteiger charge is 2.43. The van der Waals surface area contributed by atoms with Crippen LogP contribution in [0, 0.1) is 5.41 Å². The Morgan fingerprint density at radius 2 is 2.24 bits per heavy atom. The van der Waals surface area contributed by atoms with Crippen LogP contribution in [0.5, 0.6) is 0 Å². The van der Waals surface area contributed by atoms with Crippen LogP contribution in [0.25, 0.3) is 0 Å². The lowest BCUT2D eigenvalue weighted by Crippen LogP contribution is -2.57. The third-order valence-corrected chi connectivity index (χ3v) is 3.13. The Bertz CT molecular complexity index is 394. The lowest BCUT2D eigenvalue weighted by molar-refractivity contribution is -0.132. The van der Waals surface area contributed by atoms with Gasteiger partial charge < -0.3 is 10.4 Å². The molecule has 0 aromatic carbocycles. The van der Waals surface area contributed by atoms with Crippen molar-refractivity contribution in [3.05, 3.63) is 18.5 Å². The number of aromatic nitrogens is 2. The van der Waals surface area contributed by atoms with E-state index < -0.39 is 11.5 Å². The Hall–Kier alpha value is -1.36. The monoisotopic (exact) mass is 237 g/mol. The number of carbonyl (C=O) groups excluding carboxylic acids is 1. The van der Waals surface area contributed by atoms with Gasteiger partial charge in [-0.2, -0.15) is 5.10 Å². The molecule has 1 aliphatic carbocycles. The maximum Gasteiger partial charge on any atom is 0.225 e. The van der Waals surface area contributed by atoms with Crippen LogP contribution in [0.2, 0.25) is 0 Å². The number of carbonyl (C=O) groups is 1. The summed E-state index contributed by atoms with van der Waals surface area (Å²) in [5.41, 5.74) is -0.408. The molecule has 3 atom stereocenters. The van der Waals surface area contributed by atoms with Gasteiger partial charge in [-0.3, -0.25) is 9.48 Å². The third-order valence-electron chi connectivity index (χ3n) is 3.13.